The molecule has 1 rings (SSSR count). The first-order valence-corrected chi connectivity index (χ1v) is 7.11. The van der Waals surface area contributed by atoms with E-state index in [0.29, 0.717) is 12.4 Å². The van der Waals surface area contributed by atoms with Crippen molar-refractivity contribution in [1.29, 1.82) is 0 Å². The summed E-state index contributed by atoms with van der Waals surface area (Å²) in [6.45, 7) is 13.7. The van der Waals surface area contributed by atoms with Crippen molar-refractivity contribution in [2.75, 3.05) is 31.5 Å². The van der Waals surface area contributed by atoms with E-state index in [0.717, 1.165) is 25.4 Å². The van der Waals surface area contributed by atoms with E-state index >= 15 is 0 Å². The smallest absolute Gasteiger partial charge is 0.320 e. The molecule has 0 fully saturated rings. The van der Waals surface area contributed by atoms with Gasteiger partial charge < -0.3 is 14.7 Å². The molecule has 0 spiro atoms. The van der Waals surface area contributed by atoms with Crippen LogP contribution in [0, 0.1) is 0 Å². The van der Waals surface area contributed by atoms with Crippen LogP contribution in [0.15, 0.2) is 10.6 Å². The molecule has 2 N–H and O–H groups in total. The van der Waals surface area contributed by atoms with E-state index < -0.39 is 0 Å². The molecule has 1 aromatic heterocycles. The Labute approximate surface area is 120 Å². The van der Waals surface area contributed by atoms with E-state index in [2.05, 4.69) is 34.5 Å². The molecule has 0 saturated heterocycles. The largest absolute Gasteiger partial charge is 0.359 e. The highest BCUT2D eigenvalue weighted by Crippen LogP contribution is 2.24. The van der Waals surface area contributed by atoms with Crippen molar-refractivity contribution in [3.05, 3.63) is 11.8 Å². The first-order chi connectivity index (χ1) is 9.36. The molecule has 0 aromatic carbocycles. The van der Waals surface area contributed by atoms with Gasteiger partial charge in [0.05, 0.1) is 0 Å². The molecule has 20 heavy (non-hydrogen) atoms. The van der Waals surface area contributed by atoms with Gasteiger partial charge in [-0.2, -0.15) is 0 Å². The Kier molecular flexibility index (Phi) is 6.01. The lowest BCUT2D eigenvalue weighted by Crippen LogP contribution is -2.36. The van der Waals surface area contributed by atoms with Crippen LogP contribution in [0.2, 0.25) is 0 Å². The number of anilines is 1. The number of aromatic nitrogens is 1. The zero-order valence-electron chi connectivity index (χ0n) is 13.1. The fraction of sp³-hybridized carbons (Fsp3) is 0.714. The molecule has 6 heteroatoms. The van der Waals surface area contributed by atoms with Crippen molar-refractivity contribution in [3.63, 3.8) is 0 Å². The Morgan fingerprint density at radius 3 is 2.50 bits per heavy atom. The van der Waals surface area contributed by atoms with Crippen LogP contribution in [0.1, 0.15) is 40.4 Å². The molecule has 114 valence electrons. The number of urea groups is 1. The SMILES string of the molecule is CCN(CC)CCNC(=O)Nc1cc(C(C)(C)C)on1. The lowest BCUT2D eigenvalue weighted by atomic mass is 9.93. The van der Waals surface area contributed by atoms with Gasteiger partial charge in [0.1, 0.15) is 5.76 Å². The van der Waals surface area contributed by atoms with Gasteiger partial charge >= 0.3 is 6.03 Å². The van der Waals surface area contributed by atoms with Gasteiger partial charge in [-0.3, -0.25) is 5.32 Å². The minimum Gasteiger partial charge on any atom is -0.359 e. The summed E-state index contributed by atoms with van der Waals surface area (Å²) in [4.78, 5) is 14.0. The van der Waals surface area contributed by atoms with Crippen LogP contribution in [0.4, 0.5) is 10.6 Å². The molecule has 6 nitrogen and oxygen atoms in total. The van der Waals surface area contributed by atoms with Crippen molar-refractivity contribution in [3.8, 4) is 0 Å². The Hall–Kier alpha value is -1.56. The van der Waals surface area contributed by atoms with Crippen molar-refractivity contribution in [2.45, 2.75) is 40.0 Å². The van der Waals surface area contributed by atoms with Gasteiger partial charge in [-0.15, -0.1) is 0 Å². The van der Waals surface area contributed by atoms with Gasteiger partial charge in [0.2, 0.25) is 0 Å². The molecule has 0 bridgehead atoms. The van der Waals surface area contributed by atoms with E-state index in [1.807, 2.05) is 20.8 Å². The molecule has 2 amide bonds. The highest BCUT2D eigenvalue weighted by molar-refractivity contribution is 5.88. The topological polar surface area (TPSA) is 70.4 Å². The zero-order valence-corrected chi connectivity index (χ0v) is 13.1. The fourth-order valence-electron chi connectivity index (χ4n) is 1.72. The van der Waals surface area contributed by atoms with Crippen LogP contribution in [0.5, 0.6) is 0 Å². The number of nitrogens with one attached hydrogen (secondary N) is 2. The van der Waals surface area contributed by atoms with Crippen LogP contribution < -0.4 is 10.6 Å². The third-order valence-electron chi connectivity index (χ3n) is 3.10. The molecule has 0 aliphatic rings. The number of nitrogens with zero attached hydrogens (tertiary/aromatic N) is 2. The second kappa shape index (κ2) is 7.28. The number of carbonyl (C=O) groups excluding carboxylic acids is 1. The number of hydrogen-bond acceptors (Lipinski definition) is 4. The highest BCUT2D eigenvalue weighted by Gasteiger charge is 2.20. The van der Waals surface area contributed by atoms with Crippen molar-refractivity contribution in [1.82, 2.24) is 15.4 Å². The third-order valence-corrected chi connectivity index (χ3v) is 3.10. The zero-order chi connectivity index (χ0) is 15.2. The van der Waals surface area contributed by atoms with Crippen LogP contribution in [-0.2, 0) is 5.41 Å². The molecule has 0 aliphatic heterocycles. The van der Waals surface area contributed by atoms with E-state index in [4.69, 9.17) is 4.52 Å². The number of carbonyl (C=O) groups is 1. The highest BCUT2D eigenvalue weighted by atomic mass is 16.5. The van der Waals surface area contributed by atoms with Crippen molar-refractivity contribution < 1.29 is 9.32 Å². The molecule has 0 atom stereocenters. The van der Waals surface area contributed by atoms with Crippen LogP contribution in [-0.4, -0.2) is 42.3 Å². The summed E-state index contributed by atoms with van der Waals surface area (Å²) in [6.07, 6.45) is 0. The molecule has 1 aromatic rings. The summed E-state index contributed by atoms with van der Waals surface area (Å²) < 4.78 is 5.21. The van der Waals surface area contributed by atoms with Crippen LogP contribution in [0.3, 0.4) is 0 Å². The first kappa shape index (κ1) is 16.5. The van der Waals surface area contributed by atoms with E-state index in [1.165, 1.54) is 0 Å². The molecule has 0 saturated carbocycles. The van der Waals surface area contributed by atoms with Gasteiger partial charge in [0, 0.05) is 24.6 Å². The van der Waals surface area contributed by atoms with E-state index in [-0.39, 0.29) is 11.4 Å². The maximum absolute atomic E-state index is 11.7. The van der Waals surface area contributed by atoms with Gasteiger partial charge in [0.25, 0.3) is 0 Å². The average Bonchev–Trinajstić information content (AvgIpc) is 2.83. The molecule has 0 radical (unpaired) electrons. The number of hydrogen-bond donors (Lipinski definition) is 2. The predicted molar refractivity (Wildman–Crippen MR) is 80.0 cm³/mol. The monoisotopic (exact) mass is 282 g/mol. The molecular formula is C14H26N4O2. The van der Waals surface area contributed by atoms with Crippen LogP contribution >= 0.6 is 0 Å². The van der Waals surface area contributed by atoms with E-state index in [1.54, 1.807) is 6.07 Å². The lowest BCUT2D eigenvalue weighted by molar-refractivity contribution is 0.247. The maximum atomic E-state index is 11.7. The summed E-state index contributed by atoms with van der Waals surface area (Å²) >= 11 is 0. The van der Waals surface area contributed by atoms with Gasteiger partial charge in [-0.1, -0.05) is 39.8 Å². The first-order valence-electron chi connectivity index (χ1n) is 7.11. The minimum atomic E-state index is -0.258. The Bertz CT molecular complexity index is 419. The lowest BCUT2D eigenvalue weighted by Gasteiger charge is -2.17. The standard InChI is InChI=1S/C14H26N4O2/c1-6-18(7-2)9-8-15-13(19)16-12-10-11(20-17-12)14(3,4)5/h10H,6-9H2,1-5H3,(H2,15,16,17,19). The quantitative estimate of drug-likeness (QED) is 0.840. The second-order valence-electron chi connectivity index (χ2n) is 5.73. The fourth-order valence-corrected chi connectivity index (χ4v) is 1.72. The molecule has 0 aliphatic carbocycles. The summed E-state index contributed by atoms with van der Waals surface area (Å²) in [5.41, 5.74) is -0.119. The number of likely N-dealkylation sites (N-methyl/N-ethyl adjacent to an activating group) is 1. The molecule has 1 heterocycles. The van der Waals surface area contributed by atoms with E-state index in [9.17, 15) is 4.79 Å². The van der Waals surface area contributed by atoms with Crippen molar-refractivity contribution >= 4 is 11.8 Å². The Morgan fingerprint density at radius 2 is 2.00 bits per heavy atom. The van der Waals surface area contributed by atoms with Crippen LogP contribution in [0.25, 0.3) is 0 Å². The van der Waals surface area contributed by atoms with Crippen molar-refractivity contribution in [2.24, 2.45) is 0 Å². The van der Waals surface area contributed by atoms with Gasteiger partial charge in [-0.05, 0) is 13.1 Å². The summed E-state index contributed by atoms with van der Waals surface area (Å²) in [5.74, 6) is 1.19. The summed E-state index contributed by atoms with van der Waals surface area (Å²) in [7, 11) is 0. The second-order valence-corrected chi connectivity index (χ2v) is 5.73. The Morgan fingerprint density at radius 1 is 1.35 bits per heavy atom. The van der Waals surface area contributed by atoms with Gasteiger partial charge in [-0.25, -0.2) is 4.79 Å². The predicted octanol–water partition coefficient (Wildman–Crippen LogP) is 2.44. The maximum Gasteiger partial charge on any atom is 0.320 e. The summed E-state index contributed by atoms with van der Waals surface area (Å²) in [6, 6.07) is 1.50. The van der Waals surface area contributed by atoms with Gasteiger partial charge in [0.15, 0.2) is 5.82 Å². The third kappa shape index (κ3) is 5.21. The average molecular weight is 282 g/mol. The molecule has 0 unspecified atom stereocenters. The number of rotatable bonds is 6. The number of amides is 2. The Balaban J connectivity index is 2.37. The summed E-state index contributed by atoms with van der Waals surface area (Å²) in [5, 5.41) is 9.32. The minimum absolute atomic E-state index is 0.119. The normalized spacial score (nSPS) is 11.7. The molecular weight excluding hydrogens is 256 g/mol.